The lowest BCUT2D eigenvalue weighted by Gasteiger charge is -2.30. The summed E-state index contributed by atoms with van der Waals surface area (Å²) in [6.45, 7) is -0.00115. The Balaban J connectivity index is 2.03. The third-order valence-corrected chi connectivity index (χ3v) is 3.98. The lowest BCUT2D eigenvalue weighted by molar-refractivity contribution is 0.124. The number of aromatic nitrogens is 4. The Bertz CT molecular complexity index is 735. The van der Waals surface area contributed by atoms with Crippen LogP contribution in [-0.2, 0) is 0 Å². The number of nitrogens with one attached hydrogen (secondary N) is 1. The zero-order valence-corrected chi connectivity index (χ0v) is 11.3. The largest absolute Gasteiger partial charge is 0.396 e. The highest BCUT2D eigenvalue weighted by atomic mass is 16.3. The van der Waals surface area contributed by atoms with Crippen molar-refractivity contribution >= 4 is 17.1 Å². The SMILES string of the molecule is Nc1nc2c(ncn2[C@@H]2C=C[C@H](CO)[C@@H](CO)C2)c(=O)[nH]1. The molecule has 1 aliphatic carbocycles. The van der Waals surface area contributed by atoms with Crippen molar-refractivity contribution in [2.45, 2.75) is 12.5 Å². The summed E-state index contributed by atoms with van der Waals surface area (Å²) in [5.41, 5.74) is 5.87. The first-order chi connectivity index (χ1) is 10.1. The zero-order chi connectivity index (χ0) is 15.0. The first-order valence-electron chi connectivity index (χ1n) is 6.76. The molecule has 2 aromatic heterocycles. The third-order valence-electron chi connectivity index (χ3n) is 3.98. The van der Waals surface area contributed by atoms with Gasteiger partial charge in [-0.3, -0.25) is 9.78 Å². The molecule has 0 saturated heterocycles. The molecular weight excluding hydrogens is 274 g/mol. The van der Waals surface area contributed by atoms with Crippen molar-refractivity contribution < 1.29 is 10.2 Å². The van der Waals surface area contributed by atoms with Crippen LogP contribution in [0.4, 0.5) is 5.95 Å². The number of fused-ring (bicyclic) bond motifs is 1. The van der Waals surface area contributed by atoms with Crippen LogP contribution in [0.15, 0.2) is 23.3 Å². The summed E-state index contributed by atoms with van der Waals surface area (Å²) in [4.78, 5) is 22.4. The van der Waals surface area contributed by atoms with Gasteiger partial charge in [0.25, 0.3) is 5.56 Å². The van der Waals surface area contributed by atoms with Gasteiger partial charge >= 0.3 is 0 Å². The molecule has 0 amide bonds. The van der Waals surface area contributed by atoms with Crippen LogP contribution >= 0.6 is 0 Å². The number of nitrogens with two attached hydrogens (primary N) is 1. The van der Waals surface area contributed by atoms with Crippen molar-refractivity contribution in [3.05, 3.63) is 28.8 Å². The summed E-state index contributed by atoms with van der Waals surface area (Å²) in [5.74, 6) is -0.0507. The Labute approximate surface area is 120 Å². The molecule has 5 N–H and O–H groups in total. The summed E-state index contributed by atoms with van der Waals surface area (Å²) in [6.07, 6.45) is 6.01. The Hall–Kier alpha value is -2.19. The molecule has 21 heavy (non-hydrogen) atoms. The van der Waals surface area contributed by atoms with Crippen molar-refractivity contribution in [2.75, 3.05) is 18.9 Å². The number of nitrogens with zero attached hydrogens (tertiary/aromatic N) is 3. The molecule has 2 heterocycles. The molecule has 8 heteroatoms. The third kappa shape index (κ3) is 2.32. The minimum atomic E-state index is -0.372. The molecule has 0 radical (unpaired) electrons. The van der Waals surface area contributed by atoms with Crippen LogP contribution in [0, 0.1) is 11.8 Å². The van der Waals surface area contributed by atoms with Crippen molar-refractivity contribution in [1.82, 2.24) is 19.5 Å². The fourth-order valence-electron chi connectivity index (χ4n) is 2.80. The number of nitrogen functional groups attached to an aromatic ring is 1. The summed E-state index contributed by atoms with van der Waals surface area (Å²) >= 11 is 0. The molecule has 3 rings (SSSR count). The predicted octanol–water partition coefficient (Wildman–Crippen LogP) is -0.580. The lowest BCUT2D eigenvalue weighted by Crippen LogP contribution is -2.27. The van der Waals surface area contributed by atoms with Gasteiger partial charge in [0, 0.05) is 19.1 Å². The van der Waals surface area contributed by atoms with Crippen LogP contribution < -0.4 is 11.3 Å². The van der Waals surface area contributed by atoms with Gasteiger partial charge < -0.3 is 20.5 Å². The average Bonchev–Trinajstić information content (AvgIpc) is 2.90. The number of H-pyrrole nitrogens is 1. The molecule has 0 bridgehead atoms. The van der Waals surface area contributed by atoms with E-state index in [1.807, 2.05) is 12.2 Å². The maximum atomic E-state index is 11.8. The molecule has 3 atom stereocenters. The van der Waals surface area contributed by atoms with E-state index in [9.17, 15) is 15.0 Å². The van der Waals surface area contributed by atoms with Gasteiger partial charge in [-0.1, -0.05) is 12.2 Å². The van der Waals surface area contributed by atoms with E-state index in [1.54, 1.807) is 10.9 Å². The minimum absolute atomic E-state index is 0.00396. The van der Waals surface area contributed by atoms with Crippen LogP contribution in [0.25, 0.3) is 11.2 Å². The number of imidazole rings is 1. The molecule has 0 aliphatic heterocycles. The molecule has 112 valence electrons. The van der Waals surface area contributed by atoms with Gasteiger partial charge in [0.15, 0.2) is 11.2 Å². The Morgan fingerprint density at radius 3 is 2.90 bits per heavy atom. The van der Waals surface area contributed by atoms with E-state index in [2.05, 4.69) is 15.0 Å². The predicted molar refractivity (Wildman–Crippen MR) is 76.5 cm³/mol. The second-order valence-corrected chi connectivity index (χ2v) is 5.25. The van der Waals surface area contributed by atoms with E-state index in [1.165, 1.54) is 0 Å². The highest BCUT2D eigenvalue weighted by Crippen LogP contribution is 2.32. The van der Waals surface area contributed by atoms with E-state index in [0.717, 1.165) is 0 Å². The van der Waals surface area contributed by atoms with Crippen molar-refractivity contribution in [1.29, 1.82) is 0 Å². The van der Waals surface area contributed by atoms with Crippen LogP contribution in [0.2, 0.25) is 0 Å². The first kappa shape index (κ1) is 13.8. The molecule has 8 nitrogen and oxygen atoms in total. The first-order valence-corrected chi connectivity index (χ1v) is 6.76. The zero-order valence-electron chi connectivity index (χ0n) is 11.3. The fourth-order valence-corrected chi connectivity index (χ4v) is 2.80. The van der Waals surface area contributed by atoms with Gasteiger partial charge in [0.2, 0.25) is 5.95 Å². The van der Waals surface area contributed by atoms with Crippen LogP contribution in [0.5, 0.6) is 0 Å². The summed E-state index contributed by atoms with van der Waals surface area (Å²) in [6, 6.07) is -0.0800. The maximum absolute atomic E-state index is 11.8. The van der Waals surface area contributed by atoms with Crippen LogP contribution in [-0.4, -0.2) is 42.9 Å². The topological polar surface area (TPSA) is 130 Å². The molecule has 2 aromatic rings. The summed E-state index contributed by atoms with van der Waals surface area (Å²) < 4.78 is 1.77. The van der Waals surface area contributed by atoms with E-state index in [4.69, 9.17) is 5.73 Å². The average molecular weight is 291 g/mol. The summed E-state index contributed by atoms with van der Waals surface area (Å²) in [7, 11) is 0. The Kier molecular flexibility index (Phi) is 3.48. The molecule has 0 fully saturated rings. The smallest absolute Gasteiger partial charge is 0.280 e. The standard InChI is InChI=1S/C13H17N5O3/c14-13-16-11-10(12(21)17-13)15-6-18(11)9-2-1-7(4-19)8(3-9)5-20/h1-2,6-9,19-20H,3-5H2,(H3,14,16,17,21)/t7-,8-,9-/m1/s1. The Morgan fingerprint density at radius 1 is 1.38 bits per heavy atom. The molecule has 1 aliphatic rings. The number of hydrogen-bond acceptors (Lipinski definition) is 6. The number of hydrogen-bond donors (Lipinski definition) is 4. The quantitative estimate of drug-likeness (QED) is 0.560. The number of aromatic amines is 1. The monoisotopic (exact) mass is 291 g/mol. The second kappa shape index (κ2) is 5.30. The van der Waals surface area contributed by atoms with E-state index >= 15 is 0 Å². The highest BCUT2D eigenvalue weighted by Gasteiger charge is 2.27. The van der Waals surface area contributed by atoms with E-state index < -0.39 is 0 Å². The van der Waals surface area contributed by atoms with Gasteiger partial charge in [-0.2, -0.15) is 4.98 Å². The van der Waals surface area contributed by atoms with E-state index in [0.29, 0.717) is 12.1 Å². The number of aliphatic hydroxyl groups excluding tert-OH is 2. The van der Waals surface area contributed by atoms with Crippen molar-refractivity contribution in [3.63, 3.8) is 0 Å². The number of rotatable bonds is 3. The van der Waals surface area contributed by atoms with E-state index in [-0.39, 0.29) is 48.1 Å². The number of anilines is 1. The van der Waals surface area contributed by atoms with Crippen molar-refractivity contribution in [3.8, 4) is 0 Å². The minimum Gasteiger partial charge on any atom is -0.396 e. The molecule has 0 unspecified atom stereocenters. The van der Waals surface area contributed by atoms with Gasteiger partial charge in [-0.05, 0) is 12.3 Å². The van der Waals surface area contributed by atoms with Crippen molar-refractivity contribution in [2.24, 2.45) is 11.8 Å². The van der Waals surface area contributed by atoms with Gasteiger partial charge in [-0.15, -0.1) is 0 Å². The number of aliphatic hydroxyl groups is 2. The lowest BCUT2D eigenvalue weighted by atomic mass is 9.82. The van der Waals surface area contributed by atoms with Gasteiger partial charge in [0.05, 0.1) is 12.4 Å². The second-order valence-electron chi connectivity index (χ2n) is 5.25. The Morgan fingerprint density at radius 2 is 2.19 bits per heavy atom. The van der Waals surface area contributed by atoms with Gasteiger partial charge in [0.1, 0.15) is 0 Å². The normalized spacial score (nSPS) is 25.5. The summed E-state index contributed by atoms with van der Waals surface area (Å²) in [5, 5.41) is 18.7. The fraction of sp³-hybridized carbons (Fsp3) is 0.462. The molecule has 0 saturated carbocycles. The highest BCUT2D eigenvalue weighted by molar-refractivity contribution is 5.70. The van der Waals surface area contributed by atoms with Crippen LogP contribution in [0.1, 0.15) is 12.5 Å². The van der Waals surface area contributed by atoms with Gasteiger partial charge in [-0.25, -0.2) is 4.98 Å². The number of allylic oxidation sites excluding steroid dienone is 1. The molecule has 0 aromatic carbocycles. The molecular formula is C13H17N5O3. The van der Waals surface area contributed by atoms with Crippen LogP contribution in [0.3, 0.4) is 0 Å². The maximum Gasteiger partial charge on any atom is 0.280 e. The molecule has 0 spiro atoms.